The van der Waals surface area contributed by atoms with E-state index in [-0.39, 0.29) is 5.92 Å². The van der Waals surface area contributed by atoms with E-state index in [0.29, 0.717) is 0 Å². The molecule has 0 amide bonds. The monoisotopic (exact) mass is 315 g/mol. The number of hydrogen-bond donors (Lipinski definition) is 1. The molecule has 1 aliphatic carbocycles. The highest BCUT2D eigenvalue weighted by molar-refractivity contribution is 5.42. The lowest BCUT2D eigenvalue weighted by molar-refractivity contribution is 0.000969. The van der Waals surface area contributed by atoms with Crippen molar-refractivity contribution in [3.8, 4) is 0 Å². The van der Waals surface area contributed by atoms with E-state index >= 15 is 0 Å². The highest BCUT2D eigenvalue weighted by Crippen LogP contribution is 2.47. The lowest BCUT2D eigenvalue weighted by Crippen LogP contribution is -2.38. The fraction of sp³-hybridized carbons (Fsp3) is 0.227. The average Bonchev–Trinajstić information content (AvgIpc) is 2.64. The molecule has 0 spiro atoms. The van der Waals surface area contributed by atoms with Crippen molar-refractivity contribution in [1.82, 2.24) is 4.98 Å². The first kappa shape index (κ1) is 15.1. The molecule has 2 aromatic carbocycles. The maximum absolute atomic E-state index is 11.9. The van der Waals surface area contributed by atoms with Crippen molar-refractivity contribution in [1.29, 1.82) is 0 Å². The zero-order valence-electron chi connectivity index (χ0n) is 13.6. The third kappa shape index (κ3) is 2.53. The van der Waals surface area contributed by atoms with Gasteiger partial charge in [0, 0.05) is 6.20 Å². The molecular formula is C22H21NO. The van der Waals surface area contributed by atoms with Crippen molar-refractivity contribution in [2.24, 2.45) is 0 Å². The van der Waals surface area contributed by atoms with Crippen LogP contribution in [0.2, 0.25) is 0 Å². The van der Waals surface area contributed by atoms with Crippen LogP contribution in [0.4, 0.5) is 0 Å². The first-order valence-corrected chi connectivity index (χ1v) is 8.56. The van der Waals surface area contributed by atoms with E-state index in [1.54, 1.807) is 0 Å². The number of nitrogens with zero attached hydrogens (tertiary/aromatic N) is 1. The minimum atomic E-state index is -0.926. The summed E-state index contributed by atoms with van der Waals surface area (Å²) < 4.78 is 0. The smallest absolute Gasteiger partial charge is 0.102 e. The molecule has 4 rings (SSSR count). The topological polar surface area (TPSA) is 33.1 Å². The van der Waals surface area contributed by atoms with E-state index in [4.69, 9.17) is 0 Å². The van der Waals surface area contributed by atoms with Crippen LogP contribution < -0.4 is 0 Å². The molecule has 2 atom stereocenters. The van der Waals surface area contributed by atoms with E-state index < -0.39 is 5.60 Å². The second kappa shape index (κ2) is 6.21. The van der Waals surface area contributed by atoms with Gasteiger partial charge in [-0.05, 0) is 48.1 Å². The van der Waals surface area contributed by atoms with Gasteiger partial charge < -0.3 is 5.11 Å². The van der Waals surface area contributed by atoms with Crippen molar-refractivity contribution >= 4 is 0 Å². The standard InChI is InChI=1S/C22H21NO/c24-22(15-8-12-17-9-4-5-13-19(17)22)21(18-10-2-1-3-11-18)20-14-6-7-16-23-20/h1-7,9-11,13-14,16,21,24H,8,12,15H2. The number of benzene rings is 2. The van der Waals surface area contributed by atoms with Crippen LogP contribution in [-0.4, -0.2) is 10.1 Å². The predicted molar refractivity (Wildman–Crippen MR) is 95.8 cm³/mol. The molecule has 0 saturated carbocycles. The van der Waals surface area contributed by atoms with Gasteiger partial charge in [0.25, 0.3) is 0 Å². The molecular weight excluding hydrogens is 294 g/mol. The van der Waals surface area contributed by atoms with Crippen LogP contribution in [0.1, 0.15) is 41.1 Å². The Morgan fingerprint density at radius 2 is 1.62 bits per heavy atom. The Bertz CT molecular complexity index is 776. The summed E-state index contributed by atoms with van der Waals surface area (Å²) in [5, 5.41) is 11.9. The third-order valence-electron chi connectivity index (χ3n) is 5.08. The number of fused-ring (bicyclic) bond motifs is 1. The van der Waals surface area contributed by atoms with Gasteiger partial charge in [-0.2, -0.15) is 0 Å². The Morgan fingerprint density at radius 1 is 0.875 bits per heavy atom. The van der Waals surface area contributed by atoms with Crippen LogP contribution in [0.3, 0.4) is 0 Å². The lowest BCUT2D eigenvalue weighted by Gasteiger charge is -2.41. The molecule has 3 aromatic rings. The van der Waals surface area contributed by atoms with Crippen LogP contribution in [0.15, 0.2) is 79.0 Å². The first-order chi connectivity index (χ1) is 11.8. The summed E-state index contributed by atoms with van der Waals surface area (Å²) in [5.74, 6) is -0.165. The van der Waals surface area contributed by atoms with E-state index in [2.05, 4.69) is 35.3 Å². The summed E-state index contributed by atoms with van der Waals surface area (Å²) in [7, 11) is 0. The van der Waals surface area contributed by atoms with E-state index in [9.17, 15) is 5.11 Å². The third-order valence-corrected chi connectivity index (χ3v) is 5.08. The summed E-state index contributed by atoms with van der Waals surface area (Å²) in [6.07, 6.45) is 4.58. The van der Waals surface area contributed by atoms with E-state index in [1.807, 2.05) is 48.7 Å². The van der Waals surface area contributed by atoms with Gasteiger partial charge in [0.15, 0.2) is 0 Å². The van der Waals surface area contributed by atoms with Gasteiger partial charge in [-0.3, -0.25) is 4.98 Å². The fourth-order valence-corrected chi connectivity index (χ4v) is 4.03. The summed E-state index contributed by atoms with van der Waals surface area (Å²) in [4.78, 5) is 4.59. The number of rotatable bonds is 3. The number of pyridine rings is 1. The Hall–Kier alpha value is -2.45. The number of aryl methyl sites for hydroxylation is 1. The molecule has 1 aliphatic rings. The van der Waals surface area contributed by atoms with Gasteiger partial charge in [0.1, 0.15) is 5.60 Å². The molecule has 0 aliphatic heterocycles. The molecule has 120 valence electrons. The molecule has 2 heteroatoms. The Morgan fingerprint density at radius 3 is 2.42 bits per heavy atom. The van der Waals surface area contributed by atoms with Crippen molar-refractivity contribution in [3.63, 3.8) is 0 Å². The molecule has 0 saturated heterocycles. The maximum Gasteiger partial charge on any atom is 0.102 e. The Balaban J connectivity index is 1.92. The SMILES string of the molecule is OC1(C(c2ccccc2)c2ccccn2)CCCc2ccccc21. The second-order valence-corrected chi connectivity index (χ2v) is 6.53. The van der Waals surface area contributed by atoms with Crippen molar-refractivity contribution in [3.05, 3.63) is 101 Å². The molecule has 1 heterocycles. The maximum atomic E-state index is 11.9. The normalized spacial score (nSPS) is 21.0. The molecule has 0 fully saturated rings. The van der Waals surface area contributed by atoms with Gasteiger partial charge in [-0.25, -0.2) is 0 Å². The molecule has 0 bridgehead atoms. The summed E-state index contributed by atoms with van der Waals surface area (Å²) in [6.45, 7) is 0. The van der Waals surface area contributed by atoms with Gasteiger partial charge in [-0.15, -0.1) is 0 Å². The van der Waals surface area contributed by atoms with Crippen LogP contribution in [0.5, 0.6) is 0 Å². The largest absolute Gasteiger partial charge is 0.384 e. The van der Waals surface area contributed by atoms with Gasteiger partial charge in [0.2, 0.25) is 0 Å². The molecule has 0 radical (unpaired) electrons. The molecule has 1 N–H and O–H groups in total. The van der Waals surface area contributed by atoms with Crippen LogP contribution in [0.25, 0.3) is 0 Å². The van der Waals surface area contributed by atoms with Crippen molar-refractivity contribution < 1.29 is 5.11 Å². The van der Waals surface area contributed by atoms with Crippen molar-refractivity contribution in [2.75, 3.05) is 0 Å². The minimum absolute atomic E-state index is 0.165. The van der Waals surface area contributed by atoms with Crippen molar-refractivity contribution in [2.45, 2.75) is 30.8 Å². The van der Waals surface area contributed by atoms with Gasteiger partial charge in [0.05, 0.1) is 11.6 Å². The van der Waals surface area contributed by atoms with Gasteiger partial charge in [-0.1, -0.05) is 60.7 Å². The molecule has 2 unspecified atom stereocenters. The molecule has 1 aromatic heterocycles. The number of aliphatic hydroxyl groups is 1. The number of hydrogen-bond acceptors (Lipinski definition) is 2. The average molecular weight is 315 g/mol. The molecule has 24 heavy (non-hydrogen) atoms. The fourth-order valence-electron chi connectivity index (χ4n) is 4.03. The van der Waals surface area contributed by atoms with Crippen LogP contribution >= 0.6 is 0 Å². The zero-order valence-corrected chi connectivity index (χ0v) is 13.6. The highest BCUT2D eigenvalue weighted by atomic mass is 16.3. The number of aromatic nitrogens is 1. The molecule has 2 nitrogen and oxygen atoms in total. The summed E-state index contributed by atoms with van der Waals surface area (Å²) in [5.41, 5.74) is 3.40. The van der Waals surface area contributed by atoms with Crippen LogP contribution in [0, 0.1) is 0 Å². The van der Waals surface area contributed by atoms with E-state index in [0.717, 1.165) is 36.1 Å². The quantitative estimate of drug-likeness (QED) is 0.775. The van der Waals surface area contributed by atoms with Gasteiger partial charge >= 0.3 is 0 Å². The zero-order chi connectivity index (χ0) is 16.4. The van der Waals surface area contributed by atoms with E-state index in [1.165, 1.54) is 5.56 Å². The van der Waals surface area contributed by atoms with Crippen LogP contribution in [-0.2, 0) is 12.0 Å². The predicted octanol–water partition coefficient (Wildman–Crippen LogP) is 4.44. The Kier molecular flexibility index (Phi) is 3.91. The Labute approximate surface area is 142 Å². The highest BCUT2D eigenvalue weighted by Gasteiger charge is 2.43. The summed E-state index contributed by atoms with van der Waals surface area (Å²) in [6, 6.07) is 24.5. The second-order valence-electron chi connectivity index (χ2n) is 6.53. The first-order valence-electron chi connectivity index (χ1n) is 8.56. The lowest BCUT2D eigenvalue weighted by atomic mass is 9.68. The summed E-state index contributed by atoms with van der Waals surface area (Å²) >= 11 is 0. The minimum Gasteiger partial charge on any atom is -0.384 e.